The van der Waals surface area contributed by atoms with Crippen molar-refractivity contribution in [3.05, 3.63) is 23.8 Å². The molecule has 0 radical (unpaired) electrons. The van der Waals surface area contributed by atoms with Crippen molar-refractivity contribution in [3.8, 4) is 0 Å². The molecule has 0 aliphatic heterocycles. The molecule has 0 fully saturated rings. The summed E-state index contributed by atoms with van der Waals surface area (Å²) in [4.78, 5) is 11.6. The Morgan fingerprint density at radius 2 is 1.85 bits per heavy atom. The number of amides is 1. The highest BCUT2D eigenvalue weighted by Crippen LogP contribution is 2.21. The Morgan fingerprint density at radius 3 is 2.30 bits per heavy atom. The van der Waals surface area contributed by atoms with E-state index in [0.717, 1.165) is 6.26 Å². The lowest BCUT2D eigenvalue weighted by Crippen LogP contribution is -2.27. The number of carbonyl (C=O) groups is 1. The number of sulfonamides is 1. The number of carbonyl (C=O) groups excluding carboxylic acids is 1. The normalized spacial score (nSPS) is 11.8. The minimum atomic E-state index is -3.32. The predicted molar refractivity (Wildman–Crippen MR) is 79.5 cm³/mol. The van der Waals surface area contributed by atoms with Crippen LogP contribution < -0.4 is 10.0 Å². The zero-order chi connectivity index (χ0) is 15.6. The highest BCUT2D eigenvalue weighted by atomic mass is 32.2. The Hall–Kier alpha value is -1.76. The Balaban J connectivity index is 2.80. The van der Waals surface area contributed by atoms with Crippen LogP contribution >= 0.6 is 0 Å². The van der Waals surface area contributed by atoms with Crippen LogP contribution in [0.4, 0.5) is 16.2 Å². The molecule has 1 rings (SSSR count). The fraction of sp³-hybridized carbons (Fsp3) is 0.462. The molecule has 2 N–H and O–H groups in total. The van der Waals surface area contributed by atoms with Gasteiger partial charge < -0.3 is 4.74 Å². The Bertz CT molecular complexity index is 603. The molecule has 1 amide bonds. The standard InChI is InChI=1S/C13H20N2O4S/c1-9-8-10(14-12(16)19-13(2,3)4)6-7-11(9)15-20(5,17)18/h6-8,15H,1-5H3,(H,14,16). The number of hydrogen-bond acceptors (Lipinski definition) is 4. The van der Waals surface area contributed by atoms with Crippen LogP contribution in [0.1, 0.15) is 26.3 Å². The molecule has 0 saturated heterocycles. The maximum absolute atomic E-state index is 11.6. The Labute approximate surface area is 119 Å². The topological polar surface area (TPSA) is 84.5 Å². The van der Waals surface area contributed by atoms with Gasteiger partial charge in [-0.05, 0) is 51.5 Å². The van der Waals surface area contributed by atoms with Gasteiger partial charge in [0.2, 0.25) is 10.0 Å². The summed E-state index contributed by atoms with van der Waals surface area (Å²) < 4.78 is 29.9. The zero-order valence-corrected chi connectivity index (χ0v) is 13.1. The van der Waals surface area contributed by atoms with E-state index in [4.69, 9.17) is 4.74 Å². The van der Waals surface area contributed by atoms with E-state index < -0.39 is 21.7 Å². The van der Waals surface area contributed by atoms with Crippen LogP contribution in [0.3, 0.4) is 0 Å². The molecule has 0 bridgehead atoms. The third-order valence-corrected chi connectivity index (χ3v) is 2.76. The lowest BCUT2D eigenvalue weighted by molar-refractivity contribution is 0.0636. The van der Waals surface area contributed by atoms with Crippen molar-refractivity contribution >= 4 is 27.5 Å². The monoisotopic (exact) mass is 300 g/mol. The summed E-state index contributed by atoms with van der Waals surface area (Å²) in [6, 6.07) is 4.85. The number of rotatable bonds is 3. The number of benzene rings is 1. The molecule has 1 aromatic rings. The van der Waals surface area contributed by atoms with Gasteiger partial charge in [-0.1, -0.05) is 0 Å². The summed E-state index contributed by atoms with van der Waals surface area (Å²) in [5.41, 5.74) is 1.14. The molecular formula is C13H20N2O4S. The van der Waals surface area contributed by atoms with E-state index in [1.165, 1.54) is 0 Å². The summed E-state index contributed by atoms with van der Waals surface area (Å²) in [5, 5.41) is 2.59. The highest BCUT2D eigenvalue weighted by molar-refractivity contribution is 7.92. The van der Waals surface area contributed by atoms with Crippen molar-refractivity contribution in [2.75, 3.05) is 16.3 Å². The third kappa shape index (κ3) is 5.92. The van der Waals surface area contributed by atoms with Crippen molar-refractivity contribution < 1.29 is 17.9 Å². The van der Waals surface area contributed by atoms with Crippen molar-refractivity contribution in [1.82, 2.24) is 0 Å². The molecule has 20 heavy (non-hydrogen) atoms. The lowest BCUT2D eigenvalue weighted by Gasteiger charge is -2.20. The van der Waals surface area contributed by atoms with E-state index in [1.54, 1.807) is 45.9 Å². The van der Waals surface area contributed by atoms with Crippen molar-refractivity contribution in [1.29, 1.82) is 0 Å². The minimum Gasteiger partial charge on any atom is -0.444 e. The summed E-state index contributed by atoms with van der Waals surface area (Å²) in [6.07, 6.45) is 0.528. The largest absolute Gasteiger partial charge is 0.444 e. The SMILES string of the molecule is Cc1cc(NC(=O)OC(C)(C)C)ccc1NS(C)(=O)=O. The van der Waals surface area contributed by atoms with Crippen LogP contribution in [0, 0.1) is 6.92 Å². The number of hydrogen-bond donors (Lipinski definition) is 2. The van der Waals surface area contributed by atoms with Crippen LogP contribution in [0.2, 0.25) is 0 Å². The third-order valence-electron chi connectivity index (χ3n) is 2.17. The van der Waals surface area contributed by atoms with Gasteiger partial charge in [-0.3, -0.25) is 10.0 Å². The van der Waals surface area contributed by atoms with Crippen LogP contribution in [0.5, 0.6) is 0 Å². The van der Waals surface area contributed by atoms with Gasteiger partial charge in [0.1, 0.15) is 5.60 Å². The molecule has 112 valence electrons. The molecule has 0 saturated carbocycles. The summed E-state index contributed by atoms with van der Waals surface area (Å²) in [7, 11) is -3.32. The van der Waals surface area contributed by atoms with E-state index in [1.807, 2.05) is 0 Å². The maximum atomic E-state index is 11.6. The molecule has 0 heterocycles. The van der Waals surface area contributed by atoms with Crippen molar-refractivity contribution in [2.45, 2.75) is 33.3 Å². The highest BCUT2D eigenvalue weighted by Gasteiger charge is 2.16. The van der Waals surface area contributed by atoms with Crippen LogP contribution in [-0.4, -0.2) is 26.4 Å². The Morgan fingerprint density at radius 1 is 1.25 bits per heavy atom. The molecule has 0 spiro atoms. The average molecular weight is 300 g/mol. The smallest absolute Gasteiger partial charge is 0.412 e. The van der Waals surface area contributed by atoms with Gasteiger partial charge in [-0.15, -0.1) is 0 Å². The molecule has 6 nitrogen and oxygen atoms in total. The second kappa shape index (κ2) is 5.70. The molecular weight excluding hydrogens is 280 g/mol. The van der Waals surface area contributed by atoms with Gasteiger partial charge in [0.25, 0.3) is 0 Å². The summed E-state index contributed by atoms with van der Waals surface area (Å²) in [5.74, 6) is 0. The molecule has 0 aliphatic rings. The number of anilines is 2. The fourth-order valence-corrected chi connectivity index (χ4v) is 2.11. The molecule has 7 heteroatoms. The van der Waals surface area contributed by atoms with Gasteiger partial charge in [-0.25, -0.2) is 13.2 Å². The van der Waals surface area contributed by atoms with E-state index in [0.29, 0.717) is 16.9 Å². The first-order chi connectivity index (χ1) is 8.96. The number of ether oxygens (including phenoxy) is 1. The average Bonchev–Trinajstić information content (AvgIpc) is 2.17. The first-order valence-corrected chi connectivity index (χ1v) is 7.94. The molecule has 0 aromatic heterocycles. The van der Waals surface area contributed by atoms with Crippen LogP contribution in [0.15, 0.2) is 18.2 Å². The van der Waals surface area contributed by atoms with Crippen molar-refractivity contribution in [2.24, 2.45) is 0 Å². The summed E-state index contributed by atoms with van der Waals surface area (Å²) in [6.45, 7) is 7.07. The van der Waals surface area contributed by atoms with Gasteiger partial charge in [0, 0.05) is 5.69 Å². The van der Waals surface area contributed by atoms with Gasteiger partial charge in [0.05, 0.1) is 11.9 Å². The van der Waals surface area contributed by atoms with Gasteiger partial charge >= 0.3 is 6.09 Å². The van der Waals surface area contributed by atoms with Gasteiger partial charge in [-0.2, -0.15) is 0 Å². The van der Waals surface area contributed by atoms with E-state index in [9.17, 15) is 13.2 Å². The van der Waals surface area contributed by atoms with Crippen molar-refractivity contribution in [3.63, 3.8) is 0 Å². The molecule has 1 aromatic carbocycles. The number of aryl methyl sites for hydroxylation is 1. The van der Waals surface area contributed by atoms with E-state index >= 15 is 0 Å². The second-order valence-electron chi connectivity index (χ2n) is 5.53. The summed E-state index contributed by atoms with van der Waals surface area (Å²) >= 11 is 0. The van der Waals surface area contributed by atoms with Crippen LogP contribution in [-0.2, 0) is 14.8 Å². The quantitative estimate of drug-likeness (QED) is 0.899. The van der Waals surface area contributed by atoms with E-state index in [2.05, 4.69) is 10.0 Å². The predicted octanol–water partition coefficient (Wildman–Crippen LogP) is 2.71. The zero-order valence-electron chi connectivity index (χ0n) is 12.3. The molecule has 0 atom stereocenters. The van der Waals surface area contributed by atoms with Gasteiger partial charge in [0.15, 0.2) is 0 Å². The molecule has 0 aliphatic carbocycles. The van der Waals surface area contributed by atoms with Crippen LogP contribution in [0.25, 0.3) is 0 Å². The van der Waals surface area contributed by atoms with E-state index in [-0.39, 0.29) is 0 Å². The first-order valence-electron chi connectivity index (χ1n) is 6.05. The number of nitrogens with one attached hydrogen (secondary N) is 2. The fourth-order valence-electron chi connectivity index (χ4n) is 1.48. The lowest BCUT2D eigenvalue weighted by atomic mass is 10.2. The first kappa shape index (κ1) is 16.3. The minimum absolute atomic E-state index is 0.474. The molecule has 0 unspecified atom stereocenters. The second-order valence-corrected chi connectivity index (χ2v) is 7.28. The maximum Gasteiger partial charge on any atom is 0.412 e. The Kier molecular flexibility index (Phi) is 4.65.